The summed E-state index contributed by atoms with van der Waals surface area (Å²) >= 11 is 5.83. The highest BCUT2D eigenvalue weighted by atomic mass is 35.5. The van der Waals surface area contributed by atoms with Gasteiger partial charge in [0.1, 0.15) is 5.56 Å². The minimum Gasteiger partial charge on any atom is -0.478 e. The summed E-state index contributed by atoms with van der Waals surface area (Å²) in [5.74, 6) is -0.775. The van der Waals surface area contributed by atoms with Crippen molar-refractivity contribution in [3.63, 3.8) is 0 Å². The molecule has 0 spiro atoms. The van der Waals surface area contributed by atoms with E-state index in [0.717, 1.165) is 12.8 Å². The molecular formula is C13H17ClN2O4S. The van der Waals surface area contributed by atoms with Crippen LogP contribution < -0.4 is 4.72 Å². The minimum absolute atomic E-state index is 0.00466. The first-order valence-electron chi connectivity index (χ1n) is 6.61. The summed E-state index contributed by atoms with van der Waals surface area (Å²) < 4.78 is 28.3. The van der Waals surface area contributed by atoms with Gasteiger partial charge in [-0.1, -0.05) is 24.6 Å². The Labute approximate surface area is 128 Å². The van der Waals surface area contributed by atoms with Crippen LogP contribution in [-0.4, -0.2) is 36.9 Å². The van der Waals surface area contributed by atoms with E-state index in [9.17, 15) is 13.2 Å². The van der Waals surface area contributed by atoms with Crippen LogP contribution in [0.4, 0.5) is 5.69 Å². The molecule has 1 saturated heterocycles. The summed E-state index contributed by atoms with van der Waals surface area (Å²) in [6.07, 6.45) is 1.59. The number of nitrogens with one attached hydrogen (secondary N) is 1. The number of aromatic carboxylic acids is 1. The van der Waals surface area contributed by atoms with Crippen molar-refractivity contribution in [2.45, 2.75) is 19.8 Å². The fraction of sp³-hybridized carbons (Fsp3) is 0.462. The molecule has 1 heterocycles. The van der Waals surface area contributed by atoms with Gasteiger partial charge in [-0.05, 0) is 30.9 Å². The fourth-order valence-corrected chi connectivity index (χ4v) is 3.78. The Morgan fingerprint density at radius 1 is 1.38 bits per heavy atom. The van der Waals surface area contributed by atoms with Gasteiger partial charge in [0.15, 0.2) is 0 Å². The quantitative estimate of drug-likeness (QED) is 0.886. The molecule has 1 aliphatic rings. The summed E-state index contributed by atoms with van der Waals surface area (Å²) in [5.41, 5.74) is -0.262. The molecule has 0 radical (unpaired) electrons. The summed E-state index contributed by atoms with van der Waals surface area (Å²) in [7, 11) is -3.77. The second-order valence-corrected chi connectivity index (χ2v) is 7.23. The molecular weight excluding hydrogens is 316 g/mol. The third-order valence-electron chi connectivity index (χ3n) is 3.55. The molecule has 21 heavy (non-hydrogen) atoms. The van der Waals surface area contributed by atoms with Crippen LogP contribution in [0.2, 0.25) is 5.02 Å². The number of carboxylic acids is 1. The maximum atomic E-state index is 12.3. The normalized spacial score (nSPS) is 17.6. The lowest BCUT2D eigenvalue weighted by Crippen LogP contribution is -2.41. The zero-order chi connectivity index (χ0) is 15.6. The monoisotopic (exact) mass is 332 g/mol. The van der Waals surface area contributed by atoms with Crippen molar-refractivity contribution in [2.75, 3.05) is 17.8 Å². The van der Waals surface area contributed by atoms with Crippen molar-refractivity contribution in [3.8, 4) is 0 Å². The predicted molar refractivity (Wildman–Crippen MR) is 80.9 cm³/mol. The van der Waals surface area contributed by atoms with Crippen LogP contribution in [0.25, 0.3) is 0 Å². The Morgan fingerprint density at radius 2 is 2.00 bits per heavy atom. The van der Waals surface area contributed by atoms with Gasteiger partial charge >= 0.3 is 16.2 Å². The third-order valence-corrected chi connectivity index (χ3v) is 5.39. The van der Waals surface area contributed by atoms with Crippen molar-refractivity contribution in [1.82, 2.24) is 4.31 Å². The van der Waals surface area contributed by atoms with E-state index in [1.54, 1.807) is 0 Å². The van der Waals surface area contributed by atoms with Crippen molar-refractivity contribution in [2.24, 2.45) is 5.92 Å². The lowest BCUT2D eigenvalue weighted by atomic mass is 10.0. The average Bonchev–Trinajstić information content (AvgIpc) is 2.38. The first-order valence-corrected chi connectivity index (χ1v) is 8.43. The van der Waals surface area contributed by atoms with Gasteiger partial charge in [0, 0.05) is 13.1 Å². The molecule has 0 unspecified atom stereocenters. The molecule has 0 saturated carbocycles. The molecule has 1 aromatic carbocycles. The zero-order valence-corrected chi connectivity index (χ0v) is 13.1. The van der Waals surface area contributed by atoms with Crippen LogP contribution in [0.3, 0.4) is 0 Å². The summed E-state index contributed by atoms with van der Waals surface area (Å²) in [4.78, 5) is 11.2. The van der Waals surface area contributed by atoms with Gasteiger partial charge in [-0.3, -0.25) is 4.72 Å². The molecule has 2 N–H and O–H groups in total. The number of halogens is 1. The fourth-order valence-electron chi connectivity index (χ4n) is 2.26. The van der Waals surface area contributed by atoms with Crippen molar-refractivity contribution < 1.29 is 18.3 Å². The molecule has 8 heteroatoms. The van der Waals surface area contributed by atoms with E-state index >= 15 is 0 Å². The van der Waals surface area contributed by atoms with Crippen LogP contribution in [0.5, 0.6) is 0 Å². The standard InChI is InChI=1S/C13H17ClN2O4S/c1-9-5-7-16(8-6-9)21(19,20)15-11-4-2-3-10(14)12(11)13(17)18/h2-4,9,15H,5-8H2,1H3,(H,17,18). The highest BCUT2D eigenvalue weighted by Crippen LogP contribution is 2.27. The smallest absolute Gasteiger partial charge is 0.339 e. The summed E-state index contributed by atoms with van der Waals surface area (Å²) in [5, 5.41) is 9.15. The molecule has 0 bridgehead atoms. The van der Waals surface area contributed by atoms with E-state index in [4.69, 9.17) is 16.7 Å². The van der Waals surface area contributed by atoms with E-state index in [1.165, 1.54) is 22.5 Å². The Bertz CT molecular complexity index is 640. The second-order valence-electron chi connectivity index (χ2n) is 5.16. The molecule has 1 fully saturated rings. The van der Waals surface area contributed by atoms with Gasteiger partial charge in [-0.25, -0.2) is 4.79 Å². The third kappa shape index (κ3) is 3.66. The molecule has 0 aliphatic carbocycles. The number of carbonyl (C=O) groups is 1. The average molecular weight is 333 g/mol. The molecule has 1 aromatic rings. The molecule has 0 amide bonds. The number of anilines is 1. The largest absolute Gasteiger partial charge is 0.478 e. The number of hydrogen-bond donors (Lipinski definition) is 2. The van der Waals surface area contributed by atoms with Gasteiger partial charge in [0.25, 0.3) is 0 Å². The highest BCUT2D eigenvalue weighted by molar-refractivity contribution is 7.90. The maximum absolute atomic E-state index is 12.3. The molecule has 0 atom stereocenters. The topological polar surface area (TPSA) is 86.7 Å². The predicted octanol–water partition coefficient (Wildman–Crippen LogP) is 2.43. The van der Waals surface area contributed by atoms with Gasteiger partial charge in [-0.15, -0.1) is 0 Å². The Morgan fingerprint density at radius 3 is 2.57 bits per heavy atom. The van der Waals surface area contributed by atoms with Crippen LogP contribution in [0.15, 0.2) is 18.2 Å². The number of rotatable bonds is 4. The van der Waals surface area contributed by atoms with Crippen molar-refractivity contribution in [1.29, 1.82) is 0 Å². The lowest BCUT2D eigenvalue weighted by Gasteiger charge is -2.29. The molecule has 116 valence electrons. The first-order chi connectivity index (χ1) is 9.81. The van der Waals surface area contributed by atoms with Crippen LogP contribution in [0, 0.1) is 5.92 Å². The van der Waals surface area contributed by atoms with Crippen LogP contribution >= 0.6 is 11.6 Å². The number of hydrogen-bond acceptors (Lipinski definition) is 3. The number of nitrogens with zero attached hydrogens (tertiary/aromatic N) is 1. The van der Waals surface area contributed by atoms with E-state index in [1.807, 2.05) is 0 Å². The van der Waals surface area contributed by atoms with E-state index in [0.29, 0.717) is 19.0 Å². The van der Waals surface area contributed by atoms with Gasteiger partial charge < -0.3 is 5.11 Å². The Kier molecular flexibility index (Phi) is 4.75. The van der Waals surface area contributed by atoms with Crippen molar-refractivity contribution >= 4 is 33.5 Å². The minimum atomic E-state index is -3.77. The second kappa shape index (κ2) is 6.21. The Balaban J connectivity index is 2.25. The molecule has 1 aliphatic heterocycles. The van der Waals surface area contributed by atoms with Gasteiger partial charge in [0.2, 0.25) is 0 Å². The van der Waals surface area contributed by atoms with E-state index < -0.39 is 16.2 Å². The molecule has 6 nitrogen and oxygen atoms in total. The van der Waals surface area contributed by atoms with Crippen LogP contribution in [-0.2, 0) is 10.2 Å². The number of carboxylic acid groups (broad SMARTS) is 1. The first kappa shape index (κ1) is 16.1. The highest BCUT2D eigenvalue weighted by Gasteiger charge is 2.28. The molecule has 0 aromatic heterocycles. The maximum Gasteiger partial charge on any atom is 0.339 e. The molecule has 2 rings (SSSR count). The van der Waals surface area contributed by atoms with E-state index in [2.05, 4.69) is 11.6 Å². The summed E-state index contributed by atoms with van der Waals surface area (Å²) in [6, 6.07) is 4.30. The van der Waals surface area contributed by atoms with E-state index in [-0.39, 0.29) is 16.3 Å². The van der Waals surface area contributed by atoms with Crippen molar-refractivity contribution in [3.05, 3.63) is 28.8 Å². The van der Waals surface area contributed by atoms with Crippen LogP contribution in [0.1, 0.15) is 30.1 Å². The summed E-state index contributed by atoms with van der Waals surface area (Å²) in [6.45, 7) is 2.94. The number of piperidine rings is 1. The Hall–Kier alpha value is -1.31. The van der Waals surface area contributed by atoms with Gasteiger partial charge in [-0.2, -0.15) is 12.7 Å². The number of benzene rings is 1. The lowest BCUT2D eigenvalue weighted by molar-refractivity contribution is 0.0698. The van der Waals surface area contributed by atoms with Gasteiger partial charge in [0.05, 0.1) is 10.7 Å². The zero-order valence-electron chi connectivity index (χ0n) is 11.5. The SMILES string of the molecule is CC1CCN(S(=O)(=O)Nc2cccc(Cl)c2C(=O)O)CC1.